The van der Waals surface area contributed by atoms with E-state index < -0.39 is 27.9 Å². The zero-order valence-electron chi connectivity index (χ0n) is 18.6. The van der Waals surface area contributed by atoms with Gasteiger partial charge in [-0.25, -0.2) is 0 Å². The highest BCUT2D eigenvalue weighted by Crippen LogP contribution is 2.43. The molecule has 2 saturated heterocycles. The molecule has 8 nitrogen and oxygen atoms in total. The molecule has 12 heteroatoms. The van der Waals surface area contributed by atoms with E-state index in [1.165, 1.54) is 0 Å². The van der Waals surface area contributed by atoms with Gasteiger partial charge in [-0.3, -0.25) is 24.8 Å². The summed E-state index contributed by atoms with van der Waals surface area (Å²) in [4.78, 5) is 36.0. The first-order valence-corrected chi connectivity index (χ1v) is 12.0. The van der Waals surface area contributed by atoms with E-state index in [9.17, 15) is 28.1 Å². The summed E-state index contributed by atoms with van der Waals surface area (Å²) < 4.78 is 39.5. The van der Waals surface area contributed by atoms with Gasteiger partial charge >= 0.3 is 6.18 Å². The van der Waals surface area contributed by atoms with Gasteiger partial charge < -0.3 is 4.90 Å². The molecular weight excluding hydrogens is 483 g/mol. The number of hydrogen-bond acceptors (Lipinski definition) is 8. The summed E-state index contributed by atoms with van der Waals surface area (Å²) in [6.07, 6.45) is -0.207. The van der Waals surface area contributed by atoms with Crippen LogP contribution in [0.1, 0.15) is 30.5 Å². The fraction of sp³-hybridized carbons (Fsp3) is 0.435. The lowest BCUT2D eigenvalue weighted by molar-refractivity contribution is -0.383. The number of piperidine rings is 1. The predicted molar refractivity (Wildman–Crippen MR) is 126 cm³/mol. The van der Waals surface area contributed by atoms with E-state index in [0.717, 1.165) is 55.9 Å². The number of benzene rings is 1. The first kappa shape index (κ1) is 23.6. The van der Waals surface area contributed by atoms with Crippen molar-refractivity contribution >= 4 is 32.2 Å². The second-order valence-corrected chi connectivity index (χ2v) is 10.2. The molecule has 0 amide bonds. The van der Waals surface area contributed by atoms with Gasteiger partial charge in [-0.05, 0) is 49.4 Å². The van der Waals surface area contributed by atoms with Crippen molar-refractivity contribution in [3.8, 4) is 0 Å². The van der Waals surface area contributed by atoms with Gasteiger partial charge in [-0.2, -0.15) is 18.2 Å². The summed E-state index contributed by atoms with van der Waals surface area (Å²) in [7, 11) is 0. The Bertz CT molecular complexity index is 1320. The average Bonchev–Trinajstić information content (AvgIpc) is 3.20. The van der Waals surface area contributed by atoms with Crippen LogP contribution in [0, 0.1) is 15.5 Å². The van der Waals surface area contributed by atoms with E-state index in [4.69, 9.17) is 0 Å². The molecule has 0 unspecified atom stereocenters. The Kier molecular flexibility index (Phi) is 5.96. The molecule has 3 aromatic rings. The molecule has 2 aromatic heterocycles. The highest BCUT2D eigenvalue weighted by molar-refractivity contribution is 7.22. The number of rotatable bonds is 4. The topological polar surface area (TPSA) is 92.5 Å². The molecule has 4 heterocycles. The van der Waals surface area contributed by atoms with E-state index in [1.54, 1.807) is 6.20 Å². The average molecular weight is 506 g/mol. The van der Waals surface area contributed by atoms with Crippen LogP contribution in [0.15, 0.2) is 41.3 Å². The highest BCUT2D eigenvalue weighted by Gasteiger charge is 2.41. The van der Waals surface area contributed by atoms with Crippen molar-refractivity contribution in [3.63, 3.8) is 0 Å². The first-order chi connectivity index (χ1) is 16.6. The number of pyridine rings is 1. The minimum atomic E-state index is -4.80. The zero-order chi connectivity index (χ0) is 24.8. The number of alkyl halides is 3. The molecule has 2 aliphatic heterocycles. The summed E-state index contributed by atoms with van der Waals surface area (Å²) in [5.74, 6) is 0. The molecule has 0 atom stereocenters. The number of nitro benzene ring substituents is 1. The van der Waals surface area contributed by atoms with Crippen LogP contribution in [0.25, 0.3) is 10.1 Å². The van der Waals surface area contributed by atoms with E-state index in [-0.39, 0.29) is 15.5 Å². The van der Waals surface area contributed by atoms with Crippen LogP contribution in [-0.4, -0.2) is 46.0 Å². The van der Waals surface area contributed by atoms with E-state index >= 15 is 0 Å². The molecular formula is C23H22F3N5O3S. The normalized spacial score (nSPS) is 18.4. The second-order valence-electron chi connectivity index (χ2n) is 9.20. The molecule has 35 heavy (non-hydrogen) atoms. The Morgan fingerprint density at radius 3 is 2.54 bits per heavy atom. The SMILES string of the molecule is O=c1nc(N2CCC3(CCN(Cc4ccccn4)C3)CC2)sc2c([N+](=O)[O-])cc(C(F)(F)F)cc12. The van der Waals surface area contributed by atoms with Gasteiger partial charge in [-0.15, -0.1) is 0 Å². The number of fused-ring (bicyclic) bond motifs is 1. The van der Waals surface area contributed by atoms with E-state index in [1.807, 2.05) is 23.1 Å². The summed E-state index contributed by atoms with van der Waals surface area (Å²) in [5.41, 5.74) is -1.66. The summed E-state index contributed by atoms with van der Waals surface area (Å²) in [6.45, 7) is 3.97. The number of halogens is 3. The third-order valence-corrected chi connectivity index (χ3v) is 8.10. The standard InChI is InChI=1S/C23H22F3N5O3S/c24-23(25,26)15-11-17-19(18(12-15)31(33)34)35-21(28-20(17)32)30-9-5-22(6-10-30)4-8-29(14-22)13-16-3-1-2-7-27-16/h1-3,7,11-12H,4-6,8-10,13-14H2. The molecule has 2 aliphatic rings. The molecule has 2 fully saturated rings. The number of non-ortho nitro benzene ring substituents is 1. The molecule has 0 radical (unpaired) electrons. The quantitative estimate of drug-likeness (QED) is 0.382. The number of anilines is 1. The molecule has 0 saturated carbocycles. The number of nitrogens with zero attached hydrogens (tertiary/aromatic N) is 5. The van der Waals surface area contributed by atoms with Crippen LogP contribution in [0.3, 0.4) is 0 Å². The van der Waals surface area contributed by atoms with Crippen molar-refractivity contribution in [2.45, 2.75) is 32.0 Å². The minimum Gasteiger partial charge on any atom is -0.348 e. The van der Waals surface area contributed by atoms with E-state index in [2.05, 4.69) is 14.9 Å². The van der Waals surface area contributed by atoms with Crippen molar-refractivity contribution in [2.75, 3.05) is 31.1 Å². The molecule has 1 aromatic carbocycles. The third kappa shape index (κ3) is 4.72. The van der Waals surface area contributed by atoms with Crippen molar-refractivity contribution in [1.82, 2.24) is 14.9 Å². The van der Waals surface area contributed by atoms with Crippen molar-refractivity contribution < 1.29 is 18.1 Å². The lowest BCUT2D eigenvalue weighted by Gasteiger charge is -2.39. The number of aromatic nitrogens is 2. The Morgan fingerprint density at radius 2 is 1.89 bits per heavy atom. The Balaban J connectivity index is 1.35. The van der Waals surface area contributed by atoms with Gasteiger partial charge in [0.15, 0.2) is 5.13 Å². The third-order valence-electron chi connectivity index (χ3n) is 6.94. The Morgan fingerprint density at radius 1 is 1.14 bits per heavy atom. The molecule has 1 spiro atoms. The van der Waals surface area contributed by atoms with Crippen molar-refractivity contribution in [1.29, 1.82) is 0 Å². The summed E-state index contributed by atoms with van der Waals surface area (Å²) in [6, 6.07) is 7.02. The molecule has 0 bridgehead atoms. The largest absolute Gasteiger partial charge is 0.416 e. The Labute approximate surface area is 202 Å². The smallest absolute Gasteiger partial charge is 0.348 e. The highest BCUT2D eigenvalue weighted by atomic mass is 32.1. The van der Waals surface area contributed by atoms with Gasteiger partial charge in [0.1, 0.15) is 4.70 Å². The lowest BCUT2D eigenvalue weighted by Crippen LogP contribution is -2.42. The molecule has 0 aliphatic carbocycles. The zero-order valence-corrected chi connectivity index (χ0v) is 19.4. The van der Waals surface area contributed by atoms with Gasteiger partial charge in [0, 0.05) is 38.4 Å². The lowest BCUT2D eigenvalue weighted by atomic mass is 9.78. The minimum absolute atomic E-state index is 0.0827. The number of hydrogen-bond donors (Lipinski definition) is 0. The monoisotopic (exact) mass is 505 g/mol. The summed E-state index contributed by atoms with van der Waals surface area (Å²) >= 11 is 0.902. The fourth-order valence-corrected chi connectivity index (χ4v) is 6.16. The van der Waals surface area contributed by atoms with Gasteiger partial charge in [0.2, 0.25) is 0 Å². The van der Waals surface area contributed by atoms with Gasteiger partial charge in [0.25, 0.3) is 11.2 Å². The Hall–Kier alpha value is -3.12. The fourth-order valence-electron chi connectivity index (χ4n) is 5.04. The van der Waals surface area contributed by atoms with Gasteiger partial charge in [0.05, 0.1) is 21.6 Å². The van der Waals surface area contributed by atoms with Crippen molar-refractivity contribution in [2.24, 2.45) is 5.41 Å². The van der Waals surface area contributed by atoms with Crippen LogP contribution in [0.5, 0.6) is 0 Å². The maximum atomic E-state index is 13.2. The number of nitro groups is 1. The van der Waals surface area contributed by atoms with E-state index in [0.29, 0.717) is 30.4 Å². The van der Waals surface area contributed by atoms with Crippen LogP contribution in [0.4, 0.5) is 24.0 Å². The molecule has 0 N–H and O–H groups in total. The second kappa shape index (κ2) is 8.83. The van der Waals surface area contributed by atoms with Crippen LogP contribution in [-0.2, 0) is 12.7 Å². The van der Waals surface area contributed by atoms with Crippen LogP contribution in [0.2, 0.25) is 0 Å². The molecule has 184 valence electrons. The molecule has 5 rings (SSSR count). The van der Waals surface area contributed by atoms with Crippen molar-refractivity contribution in [3.05, 3.63) is 68.3 Å². The van der Waals surface area contributed by atoms with Gasteiger partial charge in [-0.1, -0.05) is 17.4 Å². The maximum Gasteiger partial charge on any atom is 0.416 e. The van der Waals surface area contributed by atoms with Crippen LogP contribution < -0.4 is 10.5 Å². The van der Waals surface area contributed by atoms with Crippen LogP contribution >= 0.6 is 11.3 Å². The first-order valence-electron chi connectivity index (χ1n) is 11.2. The number of likely N-dealkylation sites (tertiary alicyclic amines) is 1. The summed E-state index contributed by atoms with van der Waals surface area (Å²) in [5, 5.41) is 11.5. The maximum absolute atomic E-state index is 13.2. The predicted octanol–water partition coefficient (Wildman–Crippen LogP) is 4.47.